The van der Waals surface area contributed by atoms with Gasteiger partial charge in [-0.3, -0.25) is 0 Å². The van der Waals surface area contributed by atoms with Gasteiger partial charge in [0, 0.05) is 0 Å². The van der Waals surface area contributed by atoms with Crippen molar-refractivity contribution >= 4 is 0 Å². The Morgan fingerprint density at radius 1 is 1.06 bits per heavy atom. The highest BCUT2D eigenvalue weighted by atomic mass is 19.1. The molecule has 0 heterocycles. The van der Waals surface area contributed by atoms with E-state index in [4.69, 9.17) is 11.2 Å². The molecule has 0 aromatic heterocycles. The van der Waals surface area contributed by atoms with E-state index in [0.717, 1.165) is 11.1 Å². The van der Waals surface area contributed by atoms with E-state index in [0.29, 0.717) is 6.61 Å². The second kappa shape index (κ2) is 6.00. The third kappa shape index (κ3) is 3.19. The van der Waals surface area contributed by atoms with Crippen molar-refractivity contribution in [1.29, 1.82) is 0 Å². The van der Waals surface area contributed by atoms with Crippen LogP contribution in [0, 0.1) is 18.2 Å². The maximum atomic E-state index is 12.8. The molecule has 90 valence electrons. The molecule has 0 fully saturated rings. The topological polar surface area (TPSA) is 9.23 Å². The highest BCUT2D eigenvalue weighted by Crippen LogP contribution is 2.18. The number of hydrogen-bond donors (Lipinski definition) is 0. The van der Waals surface area contributed by atoms with Crippen LogP contribution >= 0.6 is 0 Å². The highest BCUT2D eigenvalue weighted by molar-refractivity contribution is 5.24. The number of halogens is 1. The first-order chi connectivity index (χ1) is 8.79. The van der Waals surface area contributed by atoms with Crippen LogP contribution in [0.4, 0.5) is 4.39 Å². The lowest BCUT2D eigenvalue weighted by Gasteiger charge is -2.12. The van der Waals surface area contributed by atoms with E-state index in [1.807, 2.05) is 30.3 Å². The van der Waals surface area contributed by atoms with E-state index in [2.05, 4.69) is 5.92 Å². The van der Waals surface area contributed by atoms with E-state index in [1.54, 1.807) is 12.1 Å². The van der Waals surface area contributed by atoms with Gasteiger partial charge < -0.3 is 4.74 Å². The molecular formula is C16H13FO. The van der Waals surface area contributed by atoms with Crippen molar-refractivity contribution in [3.63, 3.8) is 0 Å². The summed E-state index contributed by atoms with van der Waals surface area (Å²) >= 11 is 0. The first kappa shape index (κ1) is 12.3. The summed E-state index contributed by atoms with van der Waals surface area (Å²) < 4.78 is 18.5. The van der Waals surface area contributed by atoms with Crippen LogP contribution in [0.2, 0.25) is 0 Å². The second-order valence-electron chi connectivity index (χ2n) is 3.89. The molecule has 0 aliphatic rings. The van der Waals surface area contributed by atoms with Gasteiger partial charge in [-0.15, -0.1) is 6.42 Å². The summed E-state index contributed by atoms with van der Waals surface area (Å²) in [4.78, 5) is 0. The molecule has 2 aromatic rings. The predicted molar refractivity (Wildman–Crippen MR) is 69.2 cm³/mol. The first-order valence-corrected chi connectivity index (χ1v) is 5.66. The van der Waals surface area contributed by atoms with Crippen molar-refractivity contribution in [2.75, 3.05) is 0 Å². The largest absolute Gasteiger partial charge is 0.356 e. The minimum absolute atomic E-state index is 0.280. The SMILES string of the molecule is C#C[C@@H](OCc1ccccc1)c1ccc(F)cc1. The maximum absolute atomic E-state index is 12.8. The minimum atomic E-state index is -0.453. The maximum Gasteiger partial charge on any atom is 0.143 e. The Morgan fingerprint density at radius 3 is 2.33 bits per heavy atom. The third-order valence-electron chi connectivity index (χ3n) is 2.58. The molecule has 0 aliphatic heterocycles. The second-order valence-corrected chi connectivity index (χ2v) is 3.89. The van der Waals surface area contributed by atoms with Crippen molar-refractivity contribution in [1.82, 2.24) is 0 Å². The van der Waals surface area contributed by atoms with Crippen molar-refractivity contribution in [2.45, 2.75) is 12.7 Å². The Labute approximate surface area is 106 Å². The first-order valence-electron chi connectivity index (χ1n) is 5.66. The minimum Gasteiger partial charge on any atom is -0.356 e. The number of hydrogen-bond acceptors (Lipinski definition) is 1. The molecule has 0 radical (unpaired) electrons. The van der Waals surface area contributed by atoms with Crippen LogP contribution in [0.5, 0.6) is 0 Å². The van der Waals surface area contributed by atoms with Crippen molar-refractivity contribution in [2.24, 2.45) is 0 Å². The smallest absolute Gasteiger partial charge is 0.143 e. The Bertz CT molecular complexity index is 525. The summed E-state index contributed by atoms with van der Waals surface area (Å²) in [6.07, 6.45) is 4.99. The Balaban J connectivity index is 2.02. The molecule has 0 amide bonds. The van der Waals surface area contributed by atoms with Crippen LogP contribution in [0.15, 0.2) is 54.6 Å². The van der Waals surface area contributed by atoms with E-state index < -0.39 is 6.10 Å². The lowest BCUT2D eigenvalue weighted by atomic mass is 10.1. The molecule has 2 rings (SSSR count). The molecule has 18 heavy (non-hydrogen) atoms. The summed E-state index contributed by atoms with van der Waals surface area (Å²) in [6, 6.07) is 15.8. The average molecular weight is 240 g/mol. The Morgan fingerprint density at radius 2 is 1.72 bits per heavy atom. The van der Waals surface area contributed by atoms with Gasteiger partial charge in [0.15, 0.2) is 0 Å². The van der Waals surface area contributed by atoms with Crippen molar-refractivity contribution in [3.8, 4) is 12.3 Å². The standard InChI is InChI=1S/C16H13FO/c1-2-16(14-8-10-15(17)11-9-14)18-12-13-6-4-3-5-7-13/h1,3-11,16H,12H2/t16-/m1/s1. The summed E-state index contributed by atoms with van der Waals surface area (Å²) in [7, 11) is 0. The van der Waals surface area contributed by atoms with Crippen LogP contribution in [0.3, 0.4) is 0 Å². The zero-order chi connectivity index (χ0) is 12.8. The van der Waals surface area contributed by atoms with E-state index in [1.165, 1.54) is 12.1 Å². The monoisotopic (exact) mass is 240 g/mol. The van der Waals surface area contributed by atoms with Crippen molar-refractivity contribution < 1.29 is 9.13 Å². The molecule has 0 spiro atoms. The third-order valence-corrected chi connectivity index (χ3v) is 2.58. The lowest BCUT2D eigenvalue weighted by molar-refractivity contribution is 0.0782. The van der Waals surface area contributed by atoms with Gasteiger partial charge in [-0.25, -0.2) is 4.39 Å². The molecule has 0 aliphatic carbocycles. The summed E-state index contributed by atoms with van der Waals surface area (Å²) in [5.74, 6) is 2.28. The lowest BCUT2D eigenvalue weighted by Crippen LogP contribution is -2.02. The van der Waals surface area contributed by atoms with Gasteiger partial charge in [0.1, 0.15) is 11.9 Å². The fourth-order valence-electron chi connectivity index (χ4n) is 1.63. The van der Waals surface area contributed by atoms with Gasteiger partial charge in [0.05, 0.1) is 6.61 Å². The molecular weight excluding hydrogens is 227 g/mol. The van der Waals surface area contributed by atoms with Crippen LogP contribution in [-0.2, 0) is 11.3 Å². The van der Waals surface area contributed by atoms with Gasteiger partial charge >= 0.3 is 0 Å². The molecule has 0 unspecified atom stereocenters. The number of benzene rings is 2. The van der Waals surface area contributed by atoms with Gasteiger partial charge in [0.25, 0.3) is 0 Å². The molecule has 0 saturated heterocycles. The number of rotatable bonds is 4. The molecule has 2 aromatic carbocycles. The number of ether oxygens (including phenoxy) is 1. The fourth-order valence-corrected chi connectivity index (χ4v) is 1.63. The van der Waals surface area contributed by atoms with E-state index in [9.17, 15) is 4.39 Å². The molecule has 0 bridgehead atoms. The normalized spacial score (nSPS) is 11.8. The summed E-state index contributed by atoms with van der Waals surface area (Å²) in [5, 5.41) is 0. The van der Waals surface area contributed by atoms with E-state index in [-0.39, 0.29) is 5.82 Å². The quantitative estimate of drug-likeness (QED) is 0.740. The molecule has 1 atom stereocenters. The summed E-state index contributed by atoms with van der Waals surface area (Å²) in [5.41, 5.74) is 1.84. The van der Waals surface area contributed by atoms with E-state index >= 15 is 0 Å². The Hall–Kier alpha value is -2.11. The van der Waals surface area contributed by atoms with Crippen LogP contribution in [-0.4, -0.2) is 0 Å². The van der Waals surface area contributed by atoms with Gasteiger partial charge in [0.2, 0.25) is 0 Å². The molecule has 2 heteroatoms. The van der Waals surface area contributed by atoms with Crippen molar-refractivity contribution in [3.05, 3.63) is 71.5 Å². The van der Waals surface area contributed by atoms with Crippen LogP contribution in [0.25, 0.3) is 0 Å². The van der Waals surface area contributed by atoms with Crippen LogP contribution in [0.1, 0.15) is 17.2 Å². The zero-order valence-electron chi connectivity index (χ0n) is 9.84. The van der Waals surface area contributed by atoms with Gasteiger partial charge in [-0.2, -0.15) is 0 Å². The van der Waals surface area contributed by atoms with Gasteiger partial charge in [-0.1, -0.05) is 48.4 Å². The average Bonchev–Trinajstić information content (AvgIpc) is 2.42. The predicted octanol–water partition coefficient (Wildman–Crippen LogP) is 3.72. The fraction of sp³-hybridized carbons (Fsp3) is 0.125. The Kier molecular flexibility index (Phi) is 4.11. The zero-order valence-corrected chi connectivity index (χ0v) is 9.84. The van der Waals surface area contributed by atoms with Crippen LogP contribution < -0.4 is 0 Å². The summed E-state index contributed by atoms with van der Waals surface area (Å²) in [6.45, 7) is 0.438. The molecule has 0 saturated carbocycles. The number of terminal acetylenes is 1. The van der Waals surface area contributed by atoms with Gasteiger partial charge in [-0.05, 0) is 23.3 Å². The molecule has 1 nitrogen and oxygen atoms in total. The highest BCUT2D eigenvalue weighted by Gasteiger charge is 2.08. The molecule has 0 N–H and O–H groups in total.